The Kier molecular flexibility index (Phi) is 5.49. The number of hydrogen-bond acceptors (Lipinski definition) is 3. The quantitative estimate of drug-likeness (QED) is 0.870. The Morgan fingerprint density at radius 2 is 2.00 bits per heavy atom. The van der Waals surface area contributed by atoms with Crippen LogP contribution in [0.15, 0.2) is 24.3 Å². The van der Waals surface area contributed by atoms with E-state index in [0.717, 1.165) is 31.4 Å². The number of ether oxygens (including phenoxy) is 2. The molecule has 0 amide bonds. The predicted octanol–water partition coefficient (Wildman–Crippen LogP) is 2.60. The van der Waals surface area contributed by atoms with E-state index in [0.29, 0.717) is 6.61 Å². The summed E-state index contributed by atoms with van der Waals surface area (Å²) in [7, 11) is 1.69. The molecule has 1 aliphatic heterocycles. The molecule has 1 heterocycles. The first-order valence-electron chi connectivity index (χ1n) is 6.80. The van der Waals surface area contributed by atoms with E-state index < -0.39 is 0 Å². The smallest absolute Gasteiger partial charge is 0.118 e. The molecule has 0 bridgehead atoms. The number of benzene rings is 1. The van der Waals surface area contributed by atoms with E-state index in [1.165, 1.54) is 24.8 Å². The molecule has 1 N–H and O–H groups in total. The molecule has 1 saturated heterocycles. The average Bonchev–Trinajstić information content (AvgIpc) is 2.68. The van der Waals surface area contributed by atoms with Crippen LogP contribution in [0.2, 0.25) is 0 Å². The van der Waals surface area contributed by atoms with Gasteiger partial charge in [0.25, 0.3) is 0 Å². The van der Waals surface area contributed by atoms with Crippen molar-refractivity contribution in [1.82, 2.24) is 5.32 Å². The summed E-state index contributed by atoms with van der Waals surface area (Å²) < 4.78 is 11.0. The SMILES string of the molecule is COc1ccc(COCC2CCCNCC2)cc1. The summed E-state index contributed by atoms with van der Waals surface area (Å²) in [6.45, 7) is 3.88. The first-order valence-corrected chi connectivity index (χ1v) is 6.80. The molecule has 2 rings (SSSR count). The fourth-order valence-corrected chi connectivity index (χ4v) is 2.32. The maximum atomic E-state index is 5.82. The average molecular weight is 249 g/mol. The van der Waals surface area contributed by atoms with Gasteiger partial charge in [0.15, 0.2) is 0 Å². The largest absolute Gasteiger partial charge is 0.497 e. The first kappa shape index (κ1) is 13.4. The van der Waals surface area contributed by atoms with E-state index in [4.69, 9.17) is 9.47 Å². The molecule has 0 saturated carbocycles. The first-order chi connectivity index (χ1) is 8.88. The Labute approximate surface area is 109 Å². The van der Waals surface area contributed by atoms with Crippen LogP contribution in [0.5, 0.6) is 5.75 Å². The van der Waals surface area contributed by atoms with Crippen molar-refractivity contribution >= 4 is 0 Å². The highest BCUT2D eigenvalue weighted by Gasteiger charge is 2.11. The van der Waals surface area contributed by atoms with Gasteiger partial charge in [-0.15, -0.1) is 0 Å². The third-order valence-electron chi connectivity index (χ3n) is 3.48. The van der Waals surface area contributed by atoms with Crippen molar-refractivity contribution in [3.05, 3.63) is 29.8 Å². The Morgan fingerprint density at radius 1 is 1.17 bits per heavy atom. The van der Waals surface area contributed by atoms with Gasteiger partial charge in [0.05, 0.1) is 13.7 Å². The number of hydrogen-bond donors (Lipinski definition) is 1. The molecule has 1 fully saturated rings. The second-order valence-corrected chi connectivity index (χ2v) is 4.91. The lowest BCUT2D eigenvalue weighted by Crippen LogP contribution is -2.15. The lowest BCUT2D eigenvalue weighted by molar-refractivity contribution is 0.0829. The van der Waals surface area contributed by atoms with E-state index in [9.17, 15) is 0 Å². The van der Waals surface area contributed by atoms with Gasteiger partial charge in [-0.3, -0.25) is 0 Å². The molecule has 0 spiro atoms. The van der Waals surface area contributed by atoms with Gasteiger partial charge in [-0.1, -0.05) is 12.1 Å². The summed E-state index contributed by atoms with van der Waals surface area (Å²) >= 11 is 0. The lowest BCUT2D eigenvalue weighted by atomic mass is 10.0. The second kappa shape index (κ2) is 7.39. The van der Waals surface area contributed by atoms with Gasteiger partial charge >= 0.3 is 0 Å². The zero-order chi connectivity index (χ0) is 12.6. The second-order valence-electron chi connectivity index (χ2n) is 4.91. The third-order valence-corrected chi connectivity index (χ3v) is 3.48. The van der Waals surface area contributed by atoms with Gasteiger partial charge in [-0.05, 0) is 56.0 Å². The zero-order valence-corrected chi connectivity index (χ0v) is 11.2. The van der Waals surface area contributed by atoms with Crippen LogP contribution in [-0.4, -0.2) is 26.8 Å². The summed E-state index contributed by atoms with van der Waals surface area (Å²) in [5, 5.41) is 3.43. The van der Waals surface area contributed by atoms with Crippen molar-refractivity contribution in [2.75, 3.05) is 26.8 Å². The highest BCUT2D eigenvalue weighted by molar-refractivity contribution is 5.26. The van der Waals surface area contributed by atoms with Crippen molar-refractivity contribution in [3.63, 3.8) is 0 Å². The normalized spacial score (nSPS) is 20.4. The van der Waals surface area contributed by atoms with E-state index in [2.05, 4.69) is 17.4 Å². The maximum absolute atomic E-state index is 5.82. The lowest BCUT2D eigenvalue weighted by Gasteiger charge is -2.14. The molecular weight excluding hydrogens is 226 g/mol. The van der Waals surface area contributed by atoms with Gasteiger partial charge < -0.3 is 14.8 Å². The van der Waals surface area contributed by atoms with Crippen LogP contribution in [0.4, 0.5) is 0 Å². The summed E-state index contributed by atoms with van der Waals surface area (Å²) in [5.74, 6) is 1.62. The highest BCUT2D eigenvalue weighted by atomic mass is 16.5. The van der Waals surface area contributed by atoms with E-state index >= 15 is 0 Å². The van der Waals surface area contributed by atoms with Gasteiger partial charge in [0.2, 0.25) is 0 Å². The topological polar surface area (TPSA) is 30.5 Å². The molecule has 0 aliphatic carbocycles. The van der Waals surface area contributed by atoms with Crippen LogP contribution in [0.1, 0.15) is 24.8 Å². The van der Waals surface area contributed by atoms with E-state index in [1.54, 1.807) is 7.11 Å². The van der Waals surface area contributed by atoms with Crippen LogP contribution in [0.25, 0.3) is 0 Å². The van der Waals surface area contributed by atoms with Crippen LogP contribution in [-0.2, 0) is 11.3 Å². The Bertz CT molecular complexity index is 329. The molecule has 0 aromatic heterocycles. The van der Waals surface area contributed by atoms with Crippen molar-refractivity contribution in [3.8, 4) is 5.75 Å². The van der Waals surface area contributed by atoms with Crippen molar-refractivity contribution in [1.29, 1.82) is 0 Å². The summed E-state index contributed by atoms with van der Waals surface area (Å²) in [4.78, 5) is 0. The molecule has 100 valence electrons. The van der Waals surface area contributed by atoms with Gasteiger partial charge in [-0.25, -0.2) is 0 Å². The molecule has 3 heteroatoms. The molecule has 1 aromatic rings. The number of rotatable bonds is 5. The van der Waals surface area contributed by atoms with Crippen LogP contribution in [0.3, 0.4) is 0 Å². The third kappa shape index (κ3) is 4.31. The van der Waals surface area contributed by atoms with Crippen LogP contribution >= 0.6 is 0 Å². The highest BCUT2D eigenvalue weighted by Crippen LogP contribution is 2.16. The molecule has 1 aliphatic rings. The van der Waals surface area contributed by atoms with Crippen LogP contribution < -0.4 is 10.1 Å². The summed E-state index contributed by atoms with van der Waals surface area (Å²) in [6, 6.07) is 8.09. The van der Waals surface area contributed by atoms with Crippen molar-refractivity contribution in [2.45, 2.75) is 25.9 Å². The molecule has 1 atom stereocenters. The fraction of sp³-hybridized carbons (Fsp3) is 0.600. The zero-order valence-electron chi connectivity index (χ0n) is 11.2. The van der Waals surface area contributed by atoms with E-state index in [1.807, 2.05) is 12.1 Å². The molecule has 1 aromatic carbocycles. The Hall–Kier alpha value is -1.06. The van der Waals surface area contributed by atoms with E-state index in [-0.39, 0.29) is 0 Å². The molecular formula is C15H23NO2. The minimum absolute atomic E-state index is 0.702. The fourth-order valence-electron chi connectivity index (χ4n) is 2.32. The summed E-state index contributed by atoms with van der Waals surface area (Å²) in [5.41, 5.74) is 1.21. The monoisotopic (exact) mass is 249 g/mol. The summed E-state index contributed by atoms with van der Waals surface area (Å²) in [6.07, 6.45) is 3.80. The van der Waals surface area contributed by atoms with Crippen LogP contribution in [0, 0.1) is 5.92 Å². The molecule has 18 heavy (non-hydrogen) atoms. The molecule has 0 radical (unpaired) electrons. The Balaban J connectivity index is 1.70. The van der Waals surface area contributed by atoms with Gasteiger partial charge in [0.1, 0.15) is 5.75 Å². The van der Waals surface area contributed by atoms with Gasteiger partial charge in [-0.2, -0.15) is 0 Å². The van der Waals surface area contributed by atoms with Gasteiger partial charge in [0, 0.05) is 6.61 Å². The molecule has 3 nitrogen and oxygen atoms in total. The number of methoxy groups -OCH3 is 1. The minimum atomic E-state index is 0.702. The van der Waals surface area contributed by atoms with Crippen molar-refractivity contribution in [2.24, 2.45) is 5.92 Å². The van der Waals surface area contributed by atoms with Crippen molar-refractivity contribution < 1.29 is 9.47 Å². The number of nitrogens with one attached hydrogen (secondary N) is 1. The maximum Gasteiger partial charge on any atom is 0.118 e. The molecule has 1 unspecified atom stereocenters. The predicted molar refractivity (Wildman–Crippen MR) is 72.9 cm³/mol. The standard InChI is InChI=1S/C15H23NO2/c1-17-15-6-4-14(5-7-15)12-18-11-13-3-2-9-16-10-8-13/h4-7,13,16H,2-3,8-12H2,1H3. The minimum Gasteiger partial charge on any atom is -0.497 e. The Morgan fingerprint density at radius 3 is 2.78 bits per heavy atom.